The van der Waals surface area contributed by atoms with Crippen molar-refractivity contribution in [2.45, 2.75) is 0 Å². The van der Waals surface area contributed by atoms with Crippen molar-refractivity contribution in [3.05, 3.63) is 102 Å². The van der Waals surface area contributed by atoms with Gasteiger partial charge in [-0.25, -0.2) is 0 Å². The highest BCUT2D eigenvalue weighted by atomic mass is 35.5. The summed E-state index contributed by atoms with van der Waals surface area (Å²) >= 11 is 6.09. The van der Waals surface area contributed by atoms with Crippen LogP contribution in [0.3, 0.4) is 0 Å². The second-order valence-corrected chi connectivity index (χ2v) is 7.62. The molecular formula is C26H17ClN4. The number of H-pyrrole nitrogens is 1. The van der Waals surface area contributed by atoms with Gasteiger partial charge in [-0.15, -0.1) is 0 Å². The minimum Gasteiger partial charge on any atom is -0.361 e. The predicted octanol–water partition coefficient (Wildman–Crippen LogP) is 7.17. The fourth-order valence-electron chi connectivity index (χ4n) is 3.76. The van der Waals surface area contributed by atoms with Crippen molar-refractivity contribution in [1.82, 2.24) is 9.97 Å². The molecule has 5 heteroatoms. The number of nitrogens with one attached hydrogen (secondary N) is 2. The molecule has 0 saturated heterocycles. The molecule has 5 rings (SSSR count). The first-order chi connectivity index (χ1) is 15.2. The molecule has 4 nitrogen and oxygen atoms in total. The summed E-state index contributed by atoms with van der Waals surface area (Å²) in [4.78, 5) is 7.54. The van der Waals surface area contributed by atoms with E-state index in [1.54, 1.807) is 12.4 Å². The van der Waals surface area contributed by atoms with Gasteiger partial charge in [0.1, 0.15) is 6.07 Å². The topological polar surface area (TPSA) is 64.5 Å². The normalized spacial score (nSPS) is 10.7. The summed E-state index contributed by atoms with van der Waals surface area (Å²) < 4.78 is 0. The van der Waals surface area contributed by atoms with E-state index in [2.05, 4.69) is 33.5 Å². The van der Waals surface area contributed by atoms with Crippen LogP contribution in [0.5, 0.6) is 0 Å². The van der Waals surface area contributed by atoms with Crippen LogP contribution >= 0.6 is 11.6 Å². The Labute approximate surface area is 184 Å². The molecule has 0 atom stereocenters. The van der Waals surface area contributed by atoms with Crippen molar-refractivity contribution < 1.29 is 0 Å². The molecule has 2 N–H and O–H groups in total. The van der Waals surface area contributed by atoms with E-state index in [0.717, 1.165) is 44.5 Å². The second-order valence-electron chi connectivity index (χ2n) is 7.18. The second kappa shape index (κ2) is 7.98. The third-order valence-corrected chi connectivity index (χ3v) is 5.51. The molecule has 2 aromatic heterocycles. The zero-order chi connectivity index (χ0) is 21.2. The van der Waals surface area contributed by atoms with E-state index in [1.807, 2.05) is 66.9 Å². The average molecular weight is 421 g/mol. The van der Waals surface area contributed by atoms with Crippen LogP contribution in [-0.4, -0.2) is 9.97 Å². The molecule has 0 radical (unpaired) electrons. The number of halogens is 1. The highest BCUT2D eigenvalue weighted by Crippen LogP contribution is 2.38. The number of anilines is 2. The lowest BCUT2D eigenvalue weighted by molar-refractivity contribution is 1.30. The highest BCUT2D eigenvalue weighted by Gasteiger charge is 2.15. The van der Waals surface area contributed by atoms with E-state index in [1.165, 1.54) is 0 Å². The fraction of sp³-hybridized carbons (Fsp3) is 0. The Kier molecular flexibility index (Phi) is 4.87. The summed E-state index contributed by atoms with van der Waals surface area (Å²) in [6.07, 6.45) is 5.30. The molecule has 0 bridgehead atoms. The Balaban J connectivity index is 1.66. The number of rotatable bonds is 4. The van der Waals surface area contributed by atoms with Crippen LogP contribution < -0.4 is 5.32 Å². The van der Waals surface area contributed by atoms with Gasteiger partial charge in [-0.3, -0.25) is 4.98 Å². The average Bonchev–Trinajstić information content (AvgIpc) is 3.28. The molecule has 3 aromatic carbocycles. The Morgan fingerprint density at radius 2 is 1.68 bits per heavy atom. The molecule has 2 heterocycles. The maximum atomic E-state index is 9.77. The van der Waals surface area contributed by atoms with E-state index in [9.17, 15) is 5.26 Å². The first kappa shape index (κ1) is 18.9. The minimum atomic E-state index is 0.484. The molecule has 31 heavy (non-hydrogen) atoms. The number of nitrogens with zero attached hydrogens (tertiary/aromatic N) is 2. The number of benzene rings is 3. The molecule has 0 fully saturated rings. The quantitative estimate of drug-likeness (QED) is 0.324. The number of hydrogen-bond acceptors (Lipinski definition) is 3. The molecule has 0 unspecified atom stereocenters. The van der Waals surface area contributed by atoms with Crippen molar-refractivity contribution in [2.24, 2.45) is 0 Å². The molecule has 0 aliphatic carbocycles. The lowest BCUT2D eigenvalue weighted by Gasteiger charge is -2.16. The van der Waals surface area contributed by atoms with Crippen molar-refractivity contribution in [1.29, 1.82) is 5.26 Å². The van der Waals surface area contributed by atoms with Gasteiger partial charge in [0.15, 0.2) is 0 Å². The summed E-state index contributed by atoms with van der Waals surface area (Å²) in [7, 11) is 0. The van der Waals surface area contributed by atoms with E-state index in [0.29, 0.717) is 10.6 Å². The molecule has 0 spiro atoms. The molecule has 0 saturated carbocycles. The molecule has 5 aromatic rings. The Bertz CT molecular complexity index is 1430. The highest BCUT2D eigenvalue weighted by molar-refractivity contribution is 6.30. The van der Waals surface area contributed by atoms with Crippen LogP contribution in [0.2, 0.25) is 5.02 Å². The summed E-state index contributed by atoms with van der Waals surface area (Å²) in [5, 5.41) is 15.0. The van der Waals surface area contributed by atoms with Crippen LogP contribution in [0.15, 0.2) is 91.4 Å². The first-order valence-electron chi connectivity index (χ1n) is 9.80. The minimum absolute atomic E-state index is 0.484. The van der Waals surface area contributed by atoms with Gasteiger partial charge in [0.05, 0.1) is 11.3 Å². The largest absolute Gasteiger partial charge is 0.361 e. The third-order valence-electron chi connectivity index (χ3n) is 5.26. The van der Waals surface area contributed by atoms with Crippen molar-refractivity contribution in [3.63, 3.8) is 0 Å². The molecule has 148 valence electrons. The maximum absolute atomic E-state index is 9.77. The summed E-state index contributed by atoms with van der Waals surface area (Å²) in [5.74, 6) is 0. The van der Waals surface area contributed by atoms with Gasteiger partial charge in [0.25, 0.3) is 0 Å². The molecular weight excluding hydrogens is 404 g/mol. The van der Waals surface area contributed by atoms with Crippen LogP contribution in [0, 0.1) is 11.3 Å². The number of nitriles is 1. The van der Waals surface area contributed by atoms with Gasteiger partial charge in [0, 0.05) is 45.8 Å². The van der Waals surface area contributed by atoms with E-state index >= 15 is 0 Å². The van der Waals surface area contributed by atoms with E-state index in [4.69, 9.17) is 11.6 Å². The van der Waals surface area contributed by atoms with Crippen LogP contribution in [0.4, 0.5) is 11.4 Å². The standard InChI is InChI=1S/C26H17ClN4/c27-20-7-5-17(6-8-20)22-3-1-2-4-23(22)24-16-29-15-19(14-28)26(24)31-21-9-10-25-18(13-21)11-12-30-25/h1-13,15-16,30H,(H,29,31). The van der Waals surface area contributed by atoms with Gasteiger partial charge in [0.2, 0.25) is 0 Å². The smallest absolute Gasteiger partial charge is 0.103 e. The van der Waals surface area contributed by atoms with Gasteiger partial charge in [-0.05, 0) is 53.1 Å². The fourth-order valence-corrected chi connectivity index (χ4v) is 3.88. The Morgan fingerprint density at radius 1 is 0.871 bits per heavy atom. The van der Waals surface area contributed by atoms with E-state index < -0.39 is 0 Å². The zero-order valence-electron chi connectivity index (χ0n) is 16.4. The number of pyridine rings is 1. The van der Waals surface area contributed by atoms with Gasteiger partial charge < -0.3 is 10.3 Å². The molecule has 0 amide bonds. The Morgan fingerprint density at radius 3 is 2.48 bits per heavy atom. The van der Waals surface area contributed by atoms with Gasteiger partial charge >= 0.3 is 0 Å². The summed E-state index contributed by atoms with van der Waals surface area (Å²) in [5.41, 5.74) is 7.11. The number of fused-ring (bicyclic) bond motifs is 1. The lowest BCUT2D eigenvalue weighted by Crippen LogP contribution is -1.99. The monoisotopic (exact) mass is 420 g/mol. The van der Waals surface area contributed by atoms with Crippen LogP contribution in [0.25, 0.3) is 33.2 Å². The van der Waals surface area contributed by atoms with Gasteiger partial charge in [-0.2, -0.15) is 5.26 Å². The van der Waals surface area contributed by atoms with Gasteiger partial charge in [-0.1, -0.05) is 48.0 Å². The van der Waals surface area contributed by atoms with Crippen LogP contribution in [0.1, 0.15) is 5.56 Å². The zero-order valence-corrected chi connectivity index (χ0v) is 17.2. The van der Waals surface area contributed by atoms with E-state index in [-0.39, 0.29) is 0 Å². The van der Waals surface area contributed by atoms with Crippen molar-refractivity contribution in [3.8, 4) is 28.3 Å². The SMILES string of the molecule is N#Cc1cncc(-c2ccccc2-c2ccc(Cl)cc2)c1Nc1ccc2[nH]ccc2c1. The van der Waals surface area contributed by atoms with Crippen molar-refractivity contribution >= 4 is 33.9 Å². The third kappa shape index (κ3) is 3.63. The molecule has 0 aliphatic rings. The maximum Gasteiger partial charge on any atom is 0.103 e. The summed E-state index contributed by atoms with van der Waals surface area (Å²) in [6.45, 7) is 0. The lowest BCUT2D eigenvalue weighted by atomic mass is 9.93. The predicted molar refractivity (Wildman–Crippen MR) is 126 cm³/mol. The Hall–Kier alpha value is -4.07. The van der Waals surface area contributed by atoms with Crippen LogP contribution in [-0.2, 0) is 0 Å². The first-order valence-corrected chi connectivity index (χ1v) is 10.2. The molecule has 0 aliphatic heterocycles. The number of aromatic nitrogens is 2. The summed E-state index contributed by atoms with van der Waals surface area (Å²) in [6, 6.07) is 26.2. The number of aromatic amines is 1. The number of hydrogen-bond donors (Lipinski definition) is 2. The van der Waals surface area contributed by atoms with Crippen molar-refractivity contribution in [2.75, 3.05) is 5.32 Å².